The summed E-state index contributed by atoms with van der Waals surface area (Å²) in [6.45, 7) is 7.22. The van der Waals surface area contributed by atoms with Crippen LogP contribution in [0.1, 0.15) is 37.0 Å². The lowest BCUT2D eigenvalue weighted by Crippen LogP contribution is -2.44. The van der Waals surface area contributed by atoms with Gasteiger partial charge in [0.25, 0.3) is 0 Å². The number of carbonyl (C=O) groups excluding carboxylic acids is 1. The molecule has 1 fully saturated rings. The molecule has 0 saturated carbocycles. The molecule has 1 amide bonds. The molecule has 1 aliphatic rings. The summed E-state index contributed by atoms with van der Waals surface area (Å²) in [6, 6.07) is 15.2. The average Bonchev–Trinajstić information content (AvgIpc) is 2.67. The Balaban J connectivity index is 1.76. The first-order valence-corrected chi connectivity index (χ1v) is 10.2. The number of β-amino-alcohol motifs (C(OH)–C–C–N with tert-alkyl or cyclic N) is 1. The van der Waals surface area contributed by atoms with Crippen LogP contribution in [-0.2, 0) is 0 Å². The van der Waals surface area contributed by atoms with Gasteiger partial charge in [-0.1, -0.05) is 12.1 Å². The SMILES string of the molecule is CC(C)(O)CN1CCC(CN(c2ccc(C(N)=O)cc2)c2ccccc2N)CC1. The number of benzene rings is 2. The van der Waals surface area contributed by atoms with Gasteiger partial charge in [0.15, 0.2) is 0 Å². The van der Waals surface area contributed by atoms with Crippen LogP contribution in [0, 0.1) is 5.92 Å². The van der Waals surface area contributed by atoms with Crippen LogP contribution in [0.4, 0.5) is 17.1 Å². The molecule has 2 aromatic rings. The number of nitrogens with two attached hydrogens (primary N) is 2. The van der Waals surface area contributed by atoms with E-state index in [9.17, 15) is 9.90 Å². The Kier molecular flexibility index (Phi) is 6.45. The zero-order valence-electron chi connectivity index (χ0n) is 17.3. The summed E-state index contributed by atoms with van der Waals surface area (Å²) in [5.41, 5.74) is 14.2. The van der Waals surface area contributed by atoms with E-state index >= 15 is 0 Å². The predicted octanol–water partition coefficient (Wildman–Crippen LogP) is 2.99. The Labute approximate surface area is 173 Å². The number of hydrogen-bond acceptors (Lipinski definition) is 5. The second-order valence-electron chi connectivity index (χ2n) is 8.61. The highest BCUT2D eigenvalue weighted by Gasteiger charge is 2.26. The van der Waals surface area contributed by atoms with Gasteiger partial charge in [0.05, 0.1) is 17.0 Å². The van der Waals surface area contributed by atoms with Gasteiger partial charge in [-0.05, 0) is 82.1 Å². The van der Waals surface area contributed by atoms with Crippen molar-refractivity contribution in [2.24, 2.45) is 11.7 Å². The Hall–Kier alpha value is -2.57. The molecular formula is C23H32N4O2. The molecule has 0 spiro atoms. The first-order valence-electron chi connectivity index (χ1n) is 10.2. The number of carbonyl (C=O) groups is 1. The number of piperidine rings is 1. The van der Waals surface area contributed by atoms with Crippen molar-refractivity contribution in [2.75, 3.05) is 36.8 Å². The number of para-hydroxylation sites is 2. The molecule has 0 aliphatic carbocycles. The fourth-order valence-corrected chi connectivity index (χ4v) is 4.01. The van der Waals surface area contributed by atoms with E-state index in [0.717, 1.165) is 49.5 Å². The van der Waals surface area contributed by atoms with Crippen LogP contribution in [0.5, 0.6) is 0 Å². The van der Waals surface area contributed by atoms with Crippen LogP contribution in [0.25, 0.3) is 0 Å². The molecule has 1 saturated heterocycles. The molecule has 6 heteroatoms. The number of amides is 1. The standard InChI is InChI=1S/C23H32N4O2/c1-23(2,29)16-26-13-11-17(12-14-26)15-27(21-6-4-3-5-20(21)24)19-9-7-18(8-10-19)22(25)28/h3-10,17,29H,11-16,24H2,1-2H3,(H2,25,28). The fourth-order valence-electron chi connectivity index (χ4n) is 4.01. The van der Waals surface area contributed by atoms with E-state index in [1.165, 1.54) is 0 Å². The third-order valence-corrected chi connectivity index (χ3v) is 5.45. The fraction of sp³-hybridized carbons (Fsp3) is 0.435. The number of rotatable bonds is 7. The maximum absolute atomic E-state index is 11.4. The normalized spacial score (nSPS) is 16.0. The van der Waals surface area contributed by atoms with Crippen molar-refractivity contribution in [2.45, 2.75) is 32.3 Å². The van der Waals surface area contributed by atoms with Crippen molar-refractivity contribution < 1.29 is 9.90 Å². The minimum atomic E-state index is -0.667. The summed E-state index contributed by atoms with van der Waals surface area (Å²) in [5, 5.41) is 10.1. The molecule has 1 aliphatic heterocycles. The van der Waals surface area contributed by atoms with Crippen LogP contribution in [0.2, 0.25) is 0 Å². The summed E-state index contributed by atoms with van der Waals surface area (Å²) >= 11 is 0. The highest BCUT2D eigenvalue weighted by molar-refractivity contribution is 5.93. The molecule has 3 rings (SSSR count). The minimum absolute atomic E-state index is 0.429. The van der Waals surface area contributed by atoms with Crippen molar-refractivity contribution in [3.05, 3.63) is 54.1 Å². The summed E-state index contributed by atoms with van der Waals surface area (Å²) in [7, 11) is 0. The summed E-state index contributed by atoms with van der Waals surface area (Å²) < 4.78 is 0. The first-order chi connectivity index (χ1) is 13.7. The Morgan fingerprint density at radius 2 is 1.76 bits per heavy atom. The minimum Gasteiger partial charge on any atom is -0.397 e. The quantitative estimate of drug-likeness (QED) is 0.625. The number of anilines is 3. The van der Waals surface area contributed by atoms with Crippen LogP contribution < -0.4 is 16.4 Å². The molecule has 156 valence electrons. The van der Waals surface area contributed by atoms with Crippen LogP contribution in [0.3, 0.4) is 0 Å². The van der Waals surface area contributed by atoms with E-state index < -0.39 is 11.5 Å². The molecule has 0 atom stereocenters. The lowest BCUT2D eigenvalue weighted by Gasteiger charge is -2.38. The lowest BCUT2D eigenvalue weighted by molar-refractivity contribution is 0.0249. The van der Waals surface area contributed by atoms with E-state index in [4.69, 9.17) is 11.5 Å². The van der Waals surface area contributed by atoms with Gasteiger partial charge in [-0.25, -0.2) is 0 Å². The monoisotopic (exact) mass is 396 g/mol. The van der Waals surface area contributed by atoms with Gasteiger partial charge in [0.1, 0.15) is 0 Å². The van der Waals surface area contributed by atoms with Gasteiger partial charge in [0.2, 0.25) is 5.91 Å². The van der Waals surface area contributed by atoms with E-state index in [0.29, 0.717) is 18.0 Å². The summed E-state index contributed by atoms with van der Waals surface area (Å²) in [4.78, 5) is 16.0. The largest absolute Gasteiger partial charge is 0.397 e. The number of likely N-dealkylation sites (tertiary alicyclic amines) is 1. The van der Waals surface area contributed by atoms with Crippen molar-refractivity contribution in [3.63, 3.8) is 0 Å². The number of nitrogens with zero attached hydrogens (tertiary/aromatic N) is 2. The van der Waals surface area contributed by atoms with Crippen molar-refractivity contribution in [3.8, 4) is 0 Å². The van der Waals surface area contributed by atoms with Crippen molar-refractivity contribution in [1.29, 1.82) is 0 Å². The van der Waals surface area contributed by atoms with E-state index in [-0.39, 0.29) is 0 Å². The summed E-state index contributed by atoms with van der Waals surface area (Å²) in [6.07, 6.45) is 2.14. The number of hydrogen-bond donors (Lipinski definition) is 3. The van der Waals surface area contributed by atoms with Crippen LogP contribution in [-0.4, -0.2) is 47.7 Å². The van der Waals surface area contributed by atoms with E-state index in [1.54, 1.807) is 12.1 Å². The molecule has 1 heterocycles. The Morgan fingerprint density at radius 3 is 2.31 bits per heavy atom. The molecule has 2 aromatic carbocycles. The zero-order chi connectivity index (χ0) is 21.0. The Morgan fingerprint density at radius 1 is 1.14 bits per heavy atom. The average molecular weight is 397 g/mol. The van der Waals surface area contributed by atoms with Gasteiger partial charge >= 0.3 is 0 Å². The third kappa shape index (κ3) is 5.71. The maximum atomic E-state index is 11.4. The molecular weight excluding hydrogens is 364 g/mol. The summed E-state index contributed by atoms with van der Waals surface area (Å²) in [5.74, 6) is 0.0879. The highest BCUT2D eigenvalue weighted by atomic mass is 16.3. The number of aliphatic hydroxyl groups is 1. The van der Waals surface area contributed by atoms with Gasteiger partial charge in [-0.2, -0.15) is 0 Å². The second-order valence-corrected chi connectivity index (χ2v) is 8.61. The predicted molar refractivity (Wildman–Crippen MR) is 118 cm³/mol. The van der Waals surface area contributed by atoms with Crippen molar-refractivity contribution in [1.82, 2.24) is 4.90 Å². The first kappa shape index (κ1) is 21.1. The van der Waals surface area contributed by atoms with E-state index in [2.05, 4.69) is 9.80 Å². The van der Waals surface area contributed by atoms with Crippen LogP contribution >= 0.6 is 0 Å². The molecule has 6 nitrogen and oxygen atoms in total. The van der Waals surface area contributed by atoms with Gasteiger partial charge in [0, 0.05) is 24.3 Å². The second kappa shape index (κ2) is 8.84. The topological polar surface area (TPSA) is 95.8 Å². The number of nitrogen functional groups attached to an aromatic ring is 1. The van der Waals surface area contributed by atoms with Gasteiger partial charge < -0.3 is 26.4 Å². The van der Waals surface area contributed by atoms with Gasteiger partial charge in [-0.15, -0.1) is 0 Å². The van der Waals surface area contributed by atoms with Crippen molar-refractivity contribution >= 4 is 23.0 Å². The molecule has 0 bridgehead atoms. The third-order valence-electron chi connectivity index (χ3n) is 5.45. The smallest absolute Gasteiger partial charge is 0.248 e. The molecule has 5 N–H and O–H groups in total. The number of primary amides is 1. The van der Waals surface area contributed by atoms with Crippen LogP contribution in [0.15, 0.2) is 48.5 Å². The zero-order valence-corrected chi connectivity index (χ0v) is 17.3. The highest BCUT2D eigenvalue weighted by Crippen LogP contribution is 2.33. The molecule has 29 heavy (non-hydrogen) atoms. The lowest BCUT2D eigenvalue weighted by atomic mass is 9.94. The molecule has 0 radical (unpaired) electrons. The van der Waals surface area contributed by atoms with E-state index in [1.807, 2.05) is 50.2 Å². The maximum Gasteiger partial charge on any atom is 0.248 e. The Bertz CT molecular complexity index is 822. The van der Waals surface area contributed by atoms with Gasteiger partial charge in [-0.3, -0.25) is 4.79 Å². The molecule has 0 unspecified atom stereocenters. The molecule has 0 aromatic heterocycles.